The number of nitrogens with one attached hydrogen (secondary N) is 1. The summed E-state index contributed by atoms with van der Waals surface area (Å²) >= 11 is 1.49. The largest absolute Gasteiger partial charge is 0.348 e. The van der Waals surface area contributed by atoms with Crippen LogP contribution in [-0.2, 0) is 4.79 Å². The monoisotopic (exact) mass is 378 g/mol. The van der Waals surface area contributed by atoms with Gasteiger partial charge in [-0.3, -0.25) is 9.59 Å². The van der Waals surface area contributed by atoms with Crippen molar-refractivity contribution in [3.63, 3.8) is 0 Å². The summed E-state index contributed by atoms with van der Waals surface area (Å²) in [6.07, 6.45) is 5.73. The molecule has 1 saturated carbocycles. The van der Waals surface area contributed by atoms with E-state index in [9.17, 15) is 9.59 Å². The molecule has 1 saturated heterocycles. The van der Waals surface area contributed by atoms with E-state index in [0.717, 1.165) is 50.2 Å². The average molecular weight is 379 g/mol. The Morgan fingerprint density at radius 2 is 1.96 bits per heavy atom. The number of hydrogen-bond donors (Lipinski definition) is 1. The van der Waals surface area contributed by atoms with Gasteiger partial charge in [0.15, 0.2) is 0 Å². The van der Waals surface area contributed by atoms with Crippen molar-refractivity contribution in [3.8, 4) is 0 Å². The Hall–Kier alpha value is -1.47. The zero-order chi connectivity index (χ0) is 18.7. The van der Waals surface area contributed by atoms with E-state index < -0.39 is 0 Å². The van der Waals surface area contributed by atoms with Crippen molar-refractivity contribution in [2.45, 2.75) is 57.5 Å². The number of nitrogens with zero attached hydrogens (tertiary/aromatic N) is 3. The zero-order valence-electron chi connectivity index (χ0n) is 16.0. The molecule has 144 valence electrons. The average Bonchev–Trinajstić information content (AvgIpc) is 3.08. The van der Waals surface area contributed by atoms with Gasteiger partial charge >= 0.3 is 0 Å². The number of likely N-dealkylation sites (N-methyl/N-ethyl adjacent to an activating group) is 1. The number of aryl methyl sites for hydroxylation is 1. The van der Waals surface area contributed by atoms with E-state index in [-0.39, 0.29) is 17.9 Å². The zero-order valence-corrected chi connectivity index (χ0v) is 16.8. The highest BCUT2D eigenvalue weighted by molar-refractivity contribution is 7.09. The van der Waals surface area contributed by atoms with E-state index in [0.29, 0.717) is 17.6 Å². The molecule has 0 radical (unpaired) electrons. The molecule has 2 aliphatic rings. The second-order valence-corrected chi connectivity index (χ2v) is 8.88. The van der Waals surface area contributed by atoms with Gasteiger partial charge in [-0.15, -0.1) is 11.3 Å². The molecule has 1 atom stereocenters. The van der Waals surface area contributed by atoms with Crippen LogP contribution in [0.3, 0.4) is 0 Å². The van der Waals surface area contributed by atoms with Crippen LogP contribution >= 0.6 is 11.3 Å². The van der Waals surface area contributed by atoms with E-state index in [1.165, 1.54) is 17.8 Å². The number of rotatable bonds is 4. The highest BCUT2D eigenvalue weighted by atomic mass is 32.1. The third kappa shape index (κ3) is 4.62. The third-order valence-corrected chi connectivity index (χ3v) is 6.48. The number of amides is 2. The lowest BCUT2D eigenvalue weighted by Gasteiger charge is -2.39. The van der Waals surface area contributed by atoms with Crippen LogP contribution in [0.2, 0.25) is 0 Å². The molecule has 1 aliphatic heterocycles. The summed E-state index contributed by atoms with van der Waals surface area (Å²) in [5, 5.41) is 5.79. The molecule has 0 spiro atoms. The minimum Gasteiger partial charge on any atom is -0.348 e. The molecular formula is C19H30N4O2S. The molecule has 0 aromatic carbocycles. The maximum Gasteiger partial charge on any atom is 0.270 e. The van der Waals surface area contributed by atoms with Crippen LogP contribution in [0.25, 0.3) is 0 Å². The van der Waals surface area contributed by atoms with Gasteiger partial charge in [-0.05, 0) is 59.5 Å². The van der Waals surface area contributed by atoms with Crippen LogP contribution in [0.5, 0.6) is 0 Å². The first-order valence-electron chi connectivity index (χ1n) is 9.62. The van der Waals surface area contributed by atoms with Gasteiger partial charge in [0.2, 0.25) is 5.91 Å². The van der Waals surface area contributed by atoms with Crippen LogP contribution in [0.15, 0.2) is 5.38 Å². The summed E-state index contributed by atoms with van der Waals surface area (Å²) in [7, 11) is 4.19. The fourth-order valence-electron chi connectivity index (χ4n) is 4.05. The van der Waals surface area contributed by atoms with Gasteiger partial charge in [-0.1, -0.05) is 0 Å². The van der Waals surface area contributed by atoms with E-state index in [1.54, 1.807) is 5.38 Å². The van der Waals surface area contributed by atoms with Crippen molar-refractivity contribution in [2.75, 3.05) is 27.2 Å². The second-order valence-electron chi connectivity index (χ2n) is 7.82. The highest BCUT2D eigenvalue weighted by Crippen LogP contribution is 2.28. The molecule has 2 amide bonds. The van der Waals surface area contributed by atoms with Crippen LogP contribution < -0.4 is 5.32 Å². The van der Waals surface area contributed by atoms with E-state index in [1.807, 2.05) is 6.92 Å². The molecule has 2 fully saturated rings. The van der Waals surface area contributed by atoms with Crippen LogP contribution in [0.1, 0.15) is 54.0 Å². The number of aromatic nitrogens is 1. The maximum atomic E-state index is 12.9. The van der Waals surface area contributed by atoms with Gasteiger partial charge in [0.1, 0.15) is 5.69 Å². The molecule has 26 heavy (non-hydrogen) atoms. The summed E-state index contributed by atoms with van der Waals surface area (Å²) in [6, 6.07) is 0.634. The number of thiazole rings is 1. The maximum absolute atomic E-state index is 12.9. The SMILES string of the molecule is Cc1nc(C(=O)NC2CCC(C(=O)N3CCCC(N(C)C)C3)CC2)cs1. The molecule has 2 heterocycles. The Morgan fingerprint density at radius 1 is 1.23 bits per heavy atom. The topological polar surface area (TPSA) is 65.5 Å². The molecule has 7 heteroatoms. The van der Waals surface area contributed by atoms with Crippen molar-refractivity contribution in [1.82, 2.24) is 20.1 Å². The fourth-order valence-corrected chi connectivity index (χ4v) is 4.64. The predicted octanol–water partition coefficient (Wildman–Crippen LogP) is 2.29. The van der Waals surface area contributed by atoms with Gasteiger partial charge in [0.05, 0.1) is 5.01 Å². The number of piperidine rings is 1. The molecule has 3 rings (SSSR count). The lowest BCUT2D eigenvalue weighted by molar-refractivity contribution is -0.138. The third-order valence-electron chi connectivity index (χ3n) is 5.70. The van der Waals surface area contributed by atoms with Gasteiger partial charge in [0.25, 0.3) is 5.91 Å². The summed E-state index contributed by atoms with van der Waals surface area (Å²) in [5.74, 6) is 0.344. The number of carbonyl (C=O) groups is 2. The Bertz CT molecular complexity index is 637. The van der Waals surface area contributed by atoms with Crippen molar-refractivity contribution >= 4 is 23.2 Å². The molecule has 0 bridgehead atoms. The Labute approximate surface area is 160 Å². The first-order chi connectivity index (χ1) is 12.4. The summed E-state index contributed by atoms with van der Waals surface area (Å²) in [4.78, 5) is 33.7. The predicted molar refractivity (Wildman–Crippen MR) is 103 cm³/mol. The standard InChI is InChI=1S/C19H30N4O2S/c1-13-20-17(12-26-13)18(24)21-15-8-6-14(7-9-15)19(25)23-10-4-5-16(11-23)22(2)3/h12,14-16H,4-11H2,1-3H3,(H,21,24). The lowest BCUT2D eigenvalue weighted by Crippen LogP contribution is -2.50. The lowest BCUT2D eigenvalue weighted by atomic mass is 9.84. The van der Waals surface area contributed by atoms with Gasteiger partial charge in [0, 0.05) is 36.5 Å². The molecule has 6 nitrogen and oxygen atoms in total. The molecule has 1 aliphatic carbocycles. The summed E-state index contributed by atoms with van der Waals surface area (Å²) < 4.78 is 0. The Kier molecular flexibility index (Phi) is 6.29. The van der Waals surface area contributed by atoms with Gasteiger partial charge in [-0.2, -0.15) is 0 Å². The van der Waals surface area contributed by atoms with E-state index >= 15 is 0 Å². The minimum absolute atomic E-state index is 0.0889. The number of likely N-dealkylation sites (tertiary alicyclic amines) is 1. The van der Waals surface area contributed by atoms with Crippen molar-refractivity contribution in [2.24, 2.45) is 5.92 Å². The highest BCUT2D eigenvalue weighted by Gasteiger charge is 2.32. The van der Waals surface area contributed by atoms with Gasteiger partial charge < -0.3 is 15.1 Å². The Balaban J connectivity index is 1.47. The molecule has 1 aromatic heterocycles. The second kappa shape index (κ2) is 8.48. The summed E-state index contributed by atoms with van der Waals surface area (Å²) in [6.45, 7) is 3.65. The van der Waals surface area contributed by atoms with Crippen molar-refractivity contribution in [1.29, 1.82) is 0 Å². The van der Waals surface area contributed by atoms with E-state index in [4.69, 9.17) is 0 Å². The number of hydrogen-bond acceptors (Lipinski definition) is 5. The first-order valence-corrected chi connectivity index (χ1v) is 10.5. The first kappa shape index (κ1) is 19.3. The molecule has 1 unspecified atom stereocenters. The number of carbonyl (C=O) groups excluding carboxylic acids is 2. The van der Waals surface area contributed by atoms with Crippen molar-refractivity contribution < 1.29 is 9.59 Å². The molecular weight excluding hydrogens is 348 g/mol. The Morgan fingerprint density at radius 3 is 2.58 bits per heavy atom. The fraction of sp³-hybridized carbons (Fsp3) is 0.737. The minimum atomic E-state index is -0.0889. The smallest absolute Gasteiger partial charge is 0.270 e. The van der Waals surface area contributed by atoms with Crippen molar-refractivity contribution in [3.05, 3.63) is 16.1 Å². The van der Waals surface area contributed by atoms with Crippen LogP contribution in [0, 0.1) is 12.8 Å². The van der Waals surface area contributed by atoms with Gasteiger partial charge in [-0.25, -0.2) is 4.98 Å². The molecule has 1 aromatic rings. The quantitative estimate of drug-likeness (QED) is 0.873. The van der Waals surface area contributed by atoms with Crippen LogP contribution in [0.4, 0.5) is 0 Å². The summed E-state index contributed by atoms with van der Waals surface area (Å²) in [5.41, 5.74) is 0.508. The molecule has 1 N–H and O–H groups in total. The van der Waals surface area contributed by atoms with Crippen LogP contribution in [-0.4, -0.2) is 65.9 Å². The van der Waals surface area contributed by atoms with E-state index in [2.05, 4.69) is 34.2 Å². The normalized spacial score (nSPS) is 26.8.